The van der Waals surface area contributed by atoms with Crippen molar-refractivity contribution in [3.05, 3.63) is 21.9 Å². The Bertz CT molecular complexity index is 423. The summed E-state index contributed by atoms with van der Waals surface area (Å²) >= 11 is 1.85. The van der Waals surface area contributed by atoms with Gasteiger partial charge in [-0.25, -0.2) is 0 Å². The van der Waals surface area contributed by atoms with Gasteiger partial charge in [0.25, 0.3) is 0 Å². The maximum Gasteiger partial charge on any atom is 0.191 e. The van der Waals surface area contributed by atoms with E-state index in [9.17, 15) is 0 Å². The summed E-state index contributed by atoms with van der Waals surface area (Å²) in [6.07, 6.45) is 0.998. The van der Waals surface area contributed by atoms with Crippen LogP contribution in [-0.2, 0) is 6.42 Å². The fourth-order valence-corrected chi connectivity index (χ4v) is 2.82. The minimum absolute atomic E-state index is 0. The van der Waals surface area contributed by atoms with Gasteiger partial charge in [-0.1, -0.05) is 6.92 Å². The van der Waals surface area contributed by atoms with E-state index in [1.165, 1.54) is 9.75 Å². The van der Waals surface area contributed by atoms with E-state index in [1.807, 2.05) is 18.3 Å². The molecular weight excluding hydrogens is 397 g/mol. The van der Waals surface area contributed by atoms with Gasteiger partial charge in [0.15, 0.2) is 5.96 Å². The number of aliphatic imine (C=N–C) groups is 1. The Morgan fingerprint density at radius 3 is 2.62 bits per heavy atom. The topological polar surface area (TPSA) is 56.7 Å². The first-order valence-corrected chi connectivity index (χ1v) is 8.07. The Kier molecular flexibility index (Phi) is 11.1. The number of rotatable bonds is 7. The molecule has 0 radical (unpaired) electrons. The van der Waals surface area contributed by atoms with Gasteiger partial charge >= 0.3 is 0 Å². The van der Waals surface area contributed by atoms with Crippen LogP contribution >= 0.6 is 35.3 Å². The number of nitrogens with one attached hydrogen (secondary N) is 2. The second-order valence-electron chi connectivity index (χ2n) is 5.27. The molecule has 0 saturated carbocycles. The molecule has 0 bridgehead atoms. The highest BCUT2D eigenvalue weighted by molar-refractivity contribution is 14.0. The Hall–Kier alpha value is -0.340. The van der Waals surface area contributed by atoms with Crippen molar-refractivity contribution >= 4 is 41.3 Å². The molecule has 0 spiro atoms. The molecule has 2 atom stereocenters. The molecule has 0 saturated heterocycles. The van der Waals surface area contributed by atoms with Gasteiger partial charge in [-0.2, -0.15) is 0 Å². The quantitative estimate of drug-likeness (QED) is 0.358. The smallest absolute Gasteiger partial charge is 0.191 e. The van der Waals surface area contributed by atoms with Gasteiger partial charge in [0.1, 0.15) is 0 Å². The fourth-order valence-electron chi connectivity index (χ4n) is 1.81. The van der Waals surface area contributed by atoms with E-state index in [1.54, 1.807) is 0 Å². The summed E-state index contributed by atoms with van der Waals surface area (Å²) in [6, 6.07) is 4.68. The number of thiophene rings is 1. The highest BCUT2D eigenvalue weighted by Crippen LogP contribution is 2.16. The van der Waals surface area contributed by atoms with Gasteiger partial charge in [-0.05, 0) is 38.8 Å². The number of halogens is 1. The number of hydrogen-bond acceptors (Lipinski definition) is 3. The molecule has 0 aliphatic carbocycles. The van der Waals surface area contributed by atoms with Crippen LogP contribution in [-0.4, -0.2) is 36.8 Å². The molecule has 6 heteroatoms. The van der Waals surface area contributed by atoms with E-state index in [2.05, 4.69) is 48.5 Å². The van der Waals surface area contributed by atoms with Crippen molar-refractivity contribution in [3.63, 3.8) is 0 Å². The van der Waals surface area contributed by atoms with Gasteiger partial charge in [-0.3, -0.25) is 4.99 Å². The van der Waals surface area contributed by atoms with Crippen molar-refractivity contribution < 1.29 is 5.11 Å². The van der Waals surface area contributed by atoms with Crippen LogP contribution in [0, 0.1) is 12.8 Å². The molecule has 0 aliphatic rings. The fraction of sp³-hybridized carbons (Fsp3) is 0.667. The molecular formula is C15H28IN3OS. The van der Waals surface area contributed by atoms with E-state index in [4.69, 9.17) is 5.11 Å². The minimum Gasteiger partial charge on any atom is -0.396 e. The first-order chi connectivity index (χ1) is 9.55. The summed E-state index contributed by atoms with van der Waals surface area (Å²) in [5.41, 5.74) is 0. The molecule has 0 amide bonds. The second-order valence-corrected chi connectivity index (χ2v) is 6.64. The molecule has 1 aromatic heterocycles. The average molecular weight is 425 g/mol. The third-order valence-electron chi connectivity index (χ3n) is 2.90. The highest BCUT2D eigenvalue weighted by Gasteiger charge is 2.08. The lowest BCUT2D eigenvalue weighted by molar-refractivity contribution is 0.241. The van der Waals surface area contributed by atoms with Gasteiger partial charge in [0, 0.05) is 41.9 Å². The lowest BCUT2D eigenvalue weighted by Crippen LogP contribution is -2.43. The normalized spacial score (nSPS) is 14.2. The average Bonchev–Trinajstić information content (AvgIpc) is 2.81. The first kappa shape index (κ1) is 20.7. The van der Waals surface area contributed by atoms with Crippen molar-refractivity contribution in [1.29, 1.82) is 0 Å². The number of aliphatic hydroxyl groups excluding tert-OH is 1. The largest absolute Gasteiger partial charge is 0.396 e. The molecule has 4 nitrogen and oxygen atoms in total. The Labute approximate surface area is 149 Å². The van der Waals surface area contributed by atoms with E-state index in [0.29, 0.717) is 12.6 Å². The van der Waals surface area contributed by atoms with Crippen LogP contribution < -0.4 is 10.6 Å². The molecule has 3 N–H and O–H groups in total. The van der Waals surface area contributed by atoms with E-state index in [0.717, 1.165) is 18.9 Å². The van der Waals surface area contributed by atoms with Crippen LogP contribution in [0.1, 0.15) is 30.5 Å². The summed E-state index contributed by atoms with van der Waals surface area (Å²) in [7, 11) is 0. The molecule has 122 valence electrons. The summed E-state index contributed by atoms with van der Waals surface area (Å²) in [4.78, 5) is 7.25. The molecule has 1 aromatic rings. The second kappa shape index (κ2) is 11.3. The number of hydrogen-bond donors (Lipinski definition) is 3. The number of aliphatic hydroxyl groups is 1. The van der Waals surface area contributed by atoms with Crippen LogP contribution in [0.4, 0.5) is 0 Å². The number of nitrogens with zero attached hydrogens (tertiary/aromatic N) is 1. The predicted octanol–water partition coefficient (Wildman–Crippen LogP) is 2.79. The van der Waals surface area contributed by atoms with Crippen molar-refractivity contribution in [1.82, 2.24) is 10.6 Å². The van der Waals surface area contributed by atoms with Gasteiger partial charge in [0.05, 0.1) is 0 Å². The zero-order valence-corrected chi connectivity index (χ0v) is 16.5. The maximum absolute atomic E-state index is 9.05. The third kappa shape index (κ3) is 8.63. The van der Waals surface area contributed by atoms with Crippen molar-refractivity contribution in [2.45, 2.75) is 40.2 Å². The van der Waals surface area contributed by atoms with Gasteiger partial charge in [-0.15, -0.1) is 35.3 Å². The van der Waals surface area contributed by atoms with Crippen molar-refractivity contribution in [2.24, 2.45) is 10.9 Å². The standard InChI is InChI=1S/C15H27N3OS.HI/c1-5-16-15(17-9-11(2)10-19)18-12(3)8-14-7-6-13(4)20-14;/h6-7,11-12,19H,5,8-10H2,1-4H3,(H2,16,17,18);1H. The molecule has 0 aromatic carbocycles. The van der Waals surface area contributed by atoms with Crippen LogP contribution in [0.15, 0.2) is 17.1 Å². The summed E-state index contributed by atoms with van der Waals surface area (Å²) in [6.45, 7) is 9.99. The zero-order chi connectivity index (χ0) is 15.0. The predicted molar refractivity (Wildman–Crippen MR) is 103 cm³/mol. The van der Waals surface area contributed by atoms with Crippen LogP contribution in [0.3, 0.4) is 0 Å². The van der Waals surface area contributed by atoms with Crippen molar-refractivity contribution in [2.75, 3.05) is 19.7 Å². The monoisotopic (exact) mass is 425 g/mol. The van der Waals surface area contributed by atoms with Crippen molar-refractivity contribution in [3.8, 4) is 0 Å². The van der Waals surface area contributed by atoms with Gasteiger partial charge < -0.3 is 15.7 Å². The lowest BCUT2D eigenvalue weighted by atomic mass is 10.2. The number of aryl methyl sites for hydroxylation is 1. The molecule has 0 fully saturated rings. The van der Waals surface area contributed by atoms with E-state index in [-0.39, 0.29) is 36.5 Å². The Morgan fingerprint density at radius 2 is 2.10 bits per heavy atom. The summed E-state index contributed by atoms with van der Waals surface area (Å²) in [5.74, 6) is 1.02. The van der Waals surface area contributed by atoms with Crippen LogP contribution in [0.25, 0.3) is 0 Å². The SMILES string of the molecule is CCNC(=NCC(C)CO)NC(C)Cc1ccc(C)s1.I. The highest BCUT2D eigenvalue weighted by atomic mass is 127. The molecule has 0 aliphatic heterocycles. The summed E-state index contributed by atoms with van der Waals surface area (Å²) in [5, 5.41) is 15.7. The van der Waals surface area contributed by atoms with E-state index >= 15 is 0 Å². The molecule has 1 rings (SSSR count). The van der Waals surface area contributed by atoms with Gasteiger partial charge in [0.2, 0.25) is 0 Å². The number of guanidine groups is 1. The molecule has 2 unspecified atom stereocenters. The maximum atomic E-state index is 9.05. The van der Waals surface area contributed by atoms with Crippen LogP contribution in [0.5, 0.6) is 0 Å². The molecule has 1 heterocycles. The Morgan fingerprint density at radius 1 is 1.38 bits per heavy atom. The Balaban J connectivity index is 0.00000400. The minimum atomic E-state index is 0. The van der Waals surface area contributed by atoms with Crippen LogP contribution in [0.2, 0.25) is 0 Å². The van der Waals surface area contributed by atoms with E-state index < -0.39 is 0 Å². The third-order valence-corrected chi connectivity index (χ3v) is 3.93. The zero-order valence-electron chi connectivity index (χ0n) is 13.3. The first-order valence-electron chi connectivity index (χ1n) is 7.26. The molecule has 21 heavy (non-hydrogen) atoms. The summed E-state index contributed by atoms with van der Waals surface area (Å²) < 4.78 is 0. The lowest BCUT2D eigenvalue weighted by Gasteiger charge is -2.17.